The Hall–Kier alpha value is -2.84. The Kier molecular flexibility index (Phi) is 5.65. The standard InChI is InChI=1S/C24H31N5O3/c1-16-13-20(28-8-7-19(15-28)27-9-11-32-12-10-27)24-25-17(2)23(29(24)26-16)18-5-6-21(30-3)22(14-18)31-4/h5-6,13-14,19H,7-12,15H2,1-4H3/t19-/m1/s1. The van der Waals surface area contributed by atoms with E-state index in [0.29, 0.717) is 17.5 Å². The number of morpholine rings is 1. The van der Waals surface area contributed by atoms with Gasteiger partial charge in [-0.2, -0.15) is 5.10 Å². The Morgan fingerprint density at radius 1 is 1.00 bits per heavy atom. The van der Waals surface area contributed by atoms with Crippen LogP contribution in [0.15, 0.2) is 24.3 Å². The third-order valence-corrected chi connectivity index (χ3v) is 6.58. The lowest BCUT2D eigenvalue weighted by Gasteiger charge is -2.32. The summed E-state index contributed by atoms with van der Waals surface area (Å²) in [6, 6.07) is 8.68. The second-order valence-electron chi connectivity index (χ2n) is 8.56. The van der Waals surface area contributed by atoms with Crippen molar-refractivity contribution < 1.29 is 14.2 Å². The van der Waals surface area contributed by atoms with E-state index >= 15 is 0 Å². The van der Waals surface area contributed by atoms with Crippen molar-refractivity contribution in [3.05, 3.63) is 35.7 Å². The van der Waals surface area contributed by atoms with Gasteiger partial charge < -0.3 is 19.1 Å². The molecule has 2 aliphatic rings. The number of hydrogen-bond acceptors (Lipinski definition) is 7. The second kappa shape index (κ2) is 8.60. The van der Waals surface area contributed by atoms with Crippen LogP contribution in [-0.4, -0.2) is 79.2 Å². The van der Waals surface area contributed by atoms with Crippen LogP contribution >= 0.6 is 0 Å². The van der Waals surface area contributed by atoms with Gasteiger partial charge >= 0.3 is 0 Å². The zero-order valence-corrected chi connectivity index (χ0v) is 19.3. The highest BCUT2D eigenvalue weighted by Gasteiger charge is 2.31. The minimum atomic E-state index is 0.564. The molecular formula is C24H31N5O3. The number of benzene rings is 1. The smallest absolute Gasteiger partial charge is 0.178 e. The van der Waals surface area contributed by atoms with Crippen LogP contribution in [0.2, 0.25) is 0 Å². The largest absolute Gasteiger partial charge is 0.493 e. The van der Waals surface area contributed by atoms with Crippen molar-refractivity contribution in [3.8, 4) is 22.8 Å². The van der Waals surface area contributed by atoms with Crippen molar-refractivity contribution in [2.45, 2.75) is 26.3 Å². The number of fused-ring (bicyclic) bond motifs is 1. The molecule has 2 fully saturated rings. The maximum absolute atomic E-state index is 5.54. The number of rotatable bonds is 5. The molecule has 1 atom stereocenters. The first-order chi connectivity index (χ1) is 15.6. The van der Waals surface area contributed by atoms with E-state index in [1.54, 1.807) is 14.2 Å². The minimum absolute atomic E-state index is 0.564. The normalized spacial score (nSPS) is 19.6. The fourth-order valence-corrected chi connectivity index (χ4v) is 4.98. The summed E-state index contributed by atoms with van der Waals surface area (Å²) >= 11 is 0. The highest BCUT2D eigenvalue weighted by molar-refractivity contribution is 5.77. The lowest BCUT2D eigenvalue weighted by molar-refractivity contribution is 0.0209. The topological polar surface area (TPSA) is 64.4 Å². The Morgan fingerprint density at radius 2 is 1.78 bits per heavy atom. The van der Waals surface area contributed by atoms with Gasteiger partial charge in [0.05, 0.1) is 50.2 Å². The number of aromatic nitrogens is 3. The summed E-state index contributed by atoms with van der Waals surface area (Å²) in [5.41, 5.74) is 5.96. The van der Waals surface area contributed by atoms with Crippen LogP contribution in [0.4, 0.5) is 5.69 Å². The molecule has 1 aromatic carbocycles. The van der Waals surface area contributed by atoms with Gasteiger partial charge in [-0.25, -0.2) is 9.50 Å². The third-order valence-electron chi connectivity index (χ3n) is 6.58. The molecule has 0 bridgehead atoms. The number of nitrogens with zero attached hydrogens (tertiary/aromatic N) is 5. The average Bonchev–Trinajstić information content (AvgIpc) is 3.43. The summed E-state index contributed by atoms with van der Waals surface area (Å²) in [6.45, 7) is 9.85. The number of aryl methyl sites for hydroxylation is 2. The first-order valence-corrected chi connectivity index (χ1v) is 11.2. The van der Waals surface area contributed by atoms with E-state index in [1.807, 2.05) is 36.6 Å². The fourth-order valence-electron chi connectivity index (χ4n) is 4.98. The predicted octanol–water partition coefficient (Wildman–Crippen LogP) is 2.94. The number of ether oxygens (including phenoxy) is 3. The zero-order chi connectivity index (χ0) is 22.2. The molecule has 3 aromatic rings. The maximum atomic E-state index is 5.54. The molecule has 32 heavy (non-hydrogen) atoms. The van der Waals surface area contributed by atoms with Crippen LogP contribution in [0.1, 0.15) is 17.8 Å². The molecule has 0 spiro atoms. The van der Waals surface area contributed by atoms with Crippen LogP contribution in [0, 0.1) is 13.8 Å². The molecule has 8 nitrogen and oxygen atoms in total. The van der Waals surface area contributed by atoms with Gasteiger partial charge in [0.1, 0.15) is 0 Å². The fraction of sp³-hybridized carbons (Fsp3) is 0.500. The van der Waals surface area contributed by atoms with Crippen molar-refractivity contribution in [3.63, 3.8) is 0 Å². The molecule has 8 heteroatoms. The van der Waals surface area contributed by atoms with Crippen molar-refractivity contribution in [1.29, 1.82) is 0 Å². The molecule has 5 rings (SSSR count). The summed E-state index contributed by atoms with van der Waals surface area (Å²) < 4.78 is 18.5. The molecule has 0 unspecified atom stereocenters. The molecule has 4 heterocycles. The molecule has 0 saturated carbocycles. The molecule has 0 aliphatic carbocycles. The lowest BCUT2D eigenvalue weighted by atomic mass is 10.1. The van der Waals surface area contributed by atoms with E-state index in [9.17, 15) is 0 Å². The molecule has 0 N–H and O–H groups in total. The number of methoxy groups -OCH3 is 2. The van der Waals surface area contributed by atoms with Gasteiger partial charge in [0.15, 0.2) is 17.1 Å². The average molecular weight is 438 g/mol. The van der Waals surface area contributed by atoms with Crippen LogP contribution in [0.3, 0.4) is 0 Å². The SMILES string of the molecule is COc1ccc(-c2c(C)nc3c(N4CC[C@@H](N5CCOCC5)C4)cc(C)nn23)cc1OC. The highest BCUT2D eigenvalue weighted by Crippen LogP contribution is 2.36. The van der Waals surface area contributed by atoms with Crippen LogP contribution in [-0.2, 0) is 4.74 Å². The molecule has 2 aromatic heterocycles. The van der Waals surface area contributed by atoms with Gasteiger partial charge in [-0.1, -0.05) is 0 Å². The molecule has 170 valence electrons. The van der Waals surface area contributed by atoms with Gasteiger partial charge in [0.2, 0.25) is 0 Å². The Balaban J connectivity index is 1.53. The molecule has 0 amide bonds. The Morgan fingerprint density at radius 3 is 2.53 bits per heavy atom. The highest BCUT2D eigenvalue weighted by atomic mass is 16.5. The molecule has 2 aliphatic heterocycles. The van der Waals surface area contributed by atoms with Crippen LogP contribution in [0.25, 0.3) is 16.9 Å². The van der Waals surface area contributed by atoms with E-state index in [2.05, 4.69) is 15.9 Å². The number of hydrogen-bond donors (Lipinski definition) is 0. The van der Waals surface area contributed by atoms with Gasteiger partial charge in [-0.05, 0) is 44.5 Å². The zero-order valence-electron chi connectivity index (χ0n) is 19.3. The van der Waals surface area contributed by atoms with E-state index in [-0.39, 0.29) is 0 Å². The van der Waals surface area contributed by atoms with Crippen molar-refractivity contribution in [1.82, 2.24) is 19.5 Å². The summed E-state index contributed by atoms with van der Waals surface area (Å²) in [6.07, 6.45) is 1.16. The Bertz CT molecular complexity index is 1120. The monoisotopic (exact) mass is 437 g/mol. The number of anilines is 1. The lowest BCUT2D eigenvalue weighted by Crippen LogP contribution is -2.44. The van der Waals surface area contributed by atoms with Crippen molar-refractivity contribution in [2.75, 3.05) is 58.5 Å². The predicted molar refractivity (Wildman–Crippen MR) is 124 cm³/mol. The van der Waals surface area contributed by atoms with Gasteiger partial charge in [0, 0.05) is 37.8 Å². The quantitative estimate of drug-likeness (QED) is 0.608. The van der Waals surface area contributed by atoms with Gasteiger partial charge in [-0.15, -0.1) is 0 Å². The van der Waals surface area contributed by atoms with Crippen molar-refractivity contribution in [2.24, 2.45) is 0 Å². The summed E-state index contributed by atoms with van der Waals surface area (Å²) in [4.78, 5) is 10.0. The van der Waals surface area contributed by atoms with E-state index in [0.717, 1.165) is 79.8 Å². The first kappa shape index (κ1) is 21.0. The summed E-state index contributed by atoms with van der Waals surface area (Å²) in [7, 11) is 3.30. The second-order valence-corrected chi connectivity index (χ2v) is 8.56. The summed E-state index contributed by atoms with van der Waals surface area (Å²) in [5, 5.41) is 4.84. The summed E-state index contributed by atoms with van der Waals surface area (Å²) in [5.74, 6) is 1.40. The number of imidazole rings is 1. The van der Waals surface area contributed by atoms with E-state index in [1.165, 1.54) is 0 Å². The Labute approximate surface area is 188 Å². The van der Waals surface area contributed by atoms with E-state index < -0.39 is 0 Å². The first-order valence-electron chi connectivity index (χ1n) is 11.2. The molecule has 2 saturated heterocycles. The molecular weight excluding hydrogens is 406 g/mol. The third kappa shape index (κ3) is 3.67. The van der Waals surface area contributed by atoms with E-state index in [4.69, 9.17) is 24.3 Å². The van der Waals surface area contributed by atoms with Crippen LogP contribution in [0.5, 0.6) is 11.5 Å². The van der Waals surface area contributed by atoms with Gasteiger partial charge in [-0.3, -0.25) is 4.90 Å². The maximum Gasteiger partial charge on any atom is 0.178 e. The minimum Gasteiger partial charge on any atom is -0.493 e. The van der Waals surface area contributed by atoms with Crippen LogP contribution < -0.4 is 14.4 Å². The molecule has 0 radical (unpaired) electrons. The van der Waals surface area contributed by atoms with Gasteiger partial charge in [0.25, 0.3) is 0 Å². The van der Waals surface area contributed by atoms with Crippen molar-refractivity contribution >= 4 is 11.3 Å².